The van der Waals surface area contributed by atoms with Gasteiger partial charge in [0.05, 0.1) is 16.6 Å². The maximum atomic E-state index is 10.4. The van der Waals surface area contributed by atoms with Crippen molar-refractivity contribution in [1.29, 1.82) is 0 Å². The fourth-order valence-corrected chi connectivity index (χ4v) is 4.56. The first kappa shape index (κ1) is 18.9. The van der Waals surface area contributed by atoms with E-state index < -0.39 is 10.1 Å². The van der Waals surface area contributed by atoms with E-state index in [0.29, 0.717) is 8.92 Å². The molecular weight excluding hydrogens is 436 g/mol. The van der Waals surface area contributed by atoms with Crippen molar-refractivity contribution >= 4 is 53.9 Å². The first-order valence-corrected chi connectivity index (χ1v) is 10.3. The molecule has 0 fully saturated rings. The zero-order chi connectivity index (χ0) is 17.7. The Morgan fingerprint density at radius 2 is 1.88 bits per heavy atom. The number of methoxy groups -OCH3 is 1. The smallest absolute Gasteiger partial charge is 0.304 e. The zero-order valence-corrected chi connectivity index (χ0v) is 16.4. The van der Waals surface area contributed by atoms with Crippen molar-refractivity contribution in [3.05, 3.63) is 45.6 Å². The number of benzene rings is 1. The van der Waals surface area contributed by atoms with Gasteiger partial charge in [-0.15, -0.1) is 22.7 Å². The number of thiophene rings is 1. The Kier molecular flexibility index (Phi) is 6.35. The summed E-state index contributed by atoms with van der Waals surface area (Å²) in [5, 5.41) is 2.53. The van der Waals surface area contributed by atoms with E-state index in [2.05, 4.69) is 20.9 Å². The van der Waals surface area contributed by atoms with Crippen LogP contribution in [0.3, 0.4) is 0 Å². The number of nitrogens with two attached hydrogens (primary N) is 1. The Labute approximate surface area is 155 Å². The molecule has 24 heavy (non-hydrogen) atoms. The summed E-state index contributed by atoms with van der Waals surface area (Å²) in [6, 6.07) is 10.6. The molecule has 0 radical (unpaired) electrons. The van der Waals surface area contributed by atoms with Crippen molar-refractivity contribution in [1.82, 2.24) is 4.98 Å². The Bertz CT molecular complexity index is 904. The predicted molar refractivity (Wildman–Crippen MR) is 100 cm³/mol. The molecule has 0 spiro atoms. The lowest BCUT2D eigenvalue weighted by Crippen LogP contribution is -1.92. The van der Waals surface area contributed by atoms with Crippen LogP contribution in [-0.4, -0.2) is 25.1 Å². The third-order valence-corrected chi connectivity index (χ3v) is 6.33. The molecule has 128 valence electrons. The number of aromatic nitrogens is 1. The zero-order valence-electron chi connectivity index (χ0n) is 12.3. The molecule has 1 aromatic carbocycles. The third kappa shape index (κ3) is 5.28. The minimum Gasteiger partial charge on any atom is -0.497 e. The molecular formula is C14H13BrN2O4S3. The molecule has 0 aliphatic carbocycles. The van der Waals surface area contributed by atoms with Crippen LogP contribution >= 0.6 is 38.6 Å². The highest BCUT2D eigenvalue weighted by atomic mass is 79.9. The topological polar surface area (TPSA) is 103 Å². The summed E-state index contributed by atoms with van der Waals surface area (Å²) in [5.74, 6) is 0.844. The van der Waals surface area contributed by atoms with E-state index in [9.17, 15) is 8.42 Å². The Balaban J connectivity index is 0.000000185. The summed E-state index contributed by atoms with van der Waals surface area (Å²) in [4.78, 5) is 4.19. The van der Waals surface area contributed by atoms with Crippen LogP contribution in [0.15, 0.2) is 49.8 Å². The van der Waals surface area contributed by atoms with E-state index in [4.69, 9.17) is 15.0 Å². The number of nitrogens with zero attached hydrogens (tertiary/aromatic N) is 1. The number of nitrogen functional groups attached to an aromatic ring is 1. The molecule has 3 rings (SSSR count). The van der Waals surface area contributed by atoms with E-state index >= 15 is 0 Å². The minimum atomic E-state index is -3.99. The van der Waals surface area contributed by atoms with Gasteiger partial charge in [-0.2, -0.15) is 8.42 Å². The summed E-state index contributed by atoms with van der Waals surface area (Å²) in [6.07, 6.45) is 0. The molecule has 0 amide bonds. The van der Waals surface area contributed by atoms with Gasteiger partial charge in [0, 0.05) is 10.9 Å². The molecule has 3 aromatic rings. The van der Waals surface area contributed by atoms with Crippen LogP contribution < -0.4 is 10.5 Å². The first-order valence-electron chi connectivity index (χ1n) is 6.38. The quantitative estimate of drug-likeness (QED) is 0.583. The Morgan fingerprint density at radius 3 is 2.25 bits per heavy atom. The van der Waals surface area contributed by atoms with Gasteiger partial charge in [-0.25, -0.2) is 4.98 Å². The third-order valence-electron chi connectivity index (χ3n) is 2.71. The van der Waals surface area contributed by atoms with Crippen LogP contribution in [0, 0.1) is 0 Å². The van der Waals surface area contributed by atoms with Gasteiger partial charge in [0.1, 0.15) is 9.96 Å². The normalized spacial score (nSPS) is 10.8. The molecule has 0 saturated heterocycles. The average molecular weight is 449 g/mol. The van der Waals surface area contributed by atoms with Gasteiger partial charge in [-0.1, -0.05) is 0 Å². The number of hydrogen-bond acceptors (Lipinski definition) is 7. The molecule has 0 unspecified atom stereocenters. The van der Waals surface area contributed by atoms with E-state index in [1.165, 1.54) is 17.4 Å². The molecule has 10 heteroatoms. The summed E-state index contributed by atoms with van der Waals surface area (Å²) in [5.41, 5.74) is 7.52. The highest BCUT2D eigenvalue weighted by Gasteiger charge is 2.10. The van der Waals surface area contributed by atoms with Gasteiger partial charge in [0.2, 0.25) is 0 Å². The molecule has 2 aromatic heterocycles. The molecule has 2 heterocycles. The minimum absolute atomic E-state index is 0.0422. The van der Waals surface area contributed by atoms with Gasteiger partial charge in [-0.3, -0.25) is 4.55 Å². The van der Waals surface area contributed by atoms with Crippen molar-refractivity contribution in [2.75, 3.05) is 12.8 Å². The van der Waals surface area contributed by atoms with Crippen LogP contribution in [0.5, 0.6) is 5.75 Å². The summed E-state index contributed by atoms with van der Waals surface area (Å²) < 4.78 is 35.0. The second-order valence-electron chi connectivity index (χ2n) is 4.33. The summed E-state index contributed by atoms with van der Waals surface area (Å²) >= 11 is 5.49. The van der Waals surface area contributed by atoms with Gasteiger partial charge in [0.15, 0.2) is 5.13 Å². The van der Waals surface area contributed by atoms with Gasteiger partial charge in [-0.05, 0) is 52.3 Å². The lowest BCUT2D eigenvalue weighted by molar-refractivity contribution is 0.415. The number of ether oxygens (including phenoxy) is 1. The number of halogens is 1. The van der Waals surface area contributed by atoms with E-state index in [-0.39, 0.29) is 4.21 Å². The molecule has 3 N–H and O–H groups in total. The fraction of sp³-hybridized carbons (Fsp3) is 0.0714. The highest BCUT2D eigenvalue weighted by molar-refractivity contribution is 9.11. The van der Waals surface area contributed by atoms with Gasteiger partial charge < -0.3 is 10.5 Å². The first-order chi connectivity index (χ1) is 11.3. The maximum absolute atomic E-state index is 10.4. The molecule has 0 saturated carbocycles. The summed E-state index contributed by atoms with van der Waals surface area (Å²) in [6.45, 7) is 0. The molecule has 6 nitrogen and oxygen atoms in total. The van der Waals surface area contributed by atoms with Crippen LogP contribution in [0.2, 0.25) is 0 Å². The average Bonchev–Trinajstić information content (AvgIpc) is 3.16. The molecule has 0 aliphatic rings. The Hall–Kier alpha value is -1.46. The lowest BCUT2D eigenvalue weighted by atomic mass is 10.2. The van der Waals surface area contributed by atoms with Crippen molar-refractivity contribution < 1.29 is 17.7 Å². The van der Waals surface area contributed by atoms with Crippen LogP contribution in [0.25, 0.3) is 11.3 Å². The van der Waals surface area contributed by atoms with E-state index in [1.54, 1.807) is 13.2 Å². The highest BCUT2D eigenvalue weighted by Crippen LogP contribution is 2.25. The van der Waals surface area contributed by atoms with Crippen LogP contribution in [-0.2, 0) is 10.1 Å². The second kappa shape index (κ2) is 8.08. The second-order valence-corrected chi connectivity index (χ2v) is 9.33. The van der Waals surface area contributed by atoms with Crippen molar-refractivity contribution in [3.63, 3.8) is 0 Å². The number of anilines is 1. The molecule has 0 atom stereocenters. The largest absolute Gasteiger partial charge is 0.497 e. The van der Waals surface area contributed by atoms with Gasteiger partial charge in [0.25, 0.3) is 0 Å². The predicted octanol–water partition coefficient (Wildman–Crippen LogP) is 4.16. The van der Waals surface area contributed by atoms with Gasteiger partial charge >= 0.3 is 10.1 Å². The van der Waals surface area contributed by atoms with Crippen LogP contribution in [0.4, 0.5) is 5.13 Å². The number of thiazole rings is 1. The standard InChI is InChI=1S/C10H10N2OS.C4H3BrO3S2/c1-13-8-4-2-7(3-5-8)9-6-14-10(11)12-9;5-3-1-2-4(9-3)10(6,7)8/h2-6H,1H3,(H2,11,12);1-2H,(H,6,7,8). The van der Waals surface area contributed by atoms with E-state index in [1.807, 2.05) is 29.6 Å². The Morgan fingerprint density at radius 1 is 1.21 bits per heavy atom. The lowest BCUT2D eigenvalue weighted by Gasteiger charge is -2.00. The molecule has 0 bridgehead atoms. The summed E-state index contributed by atoms with van der Waals surface area (Å²) in [7, 11) is -2.34. The fourth-order valence-electron chi connectivity index (χ4n) is 1.62. The SMILES string of the molecule is COc1ccc(-c2csc(N)n2)cc1.O=S(=O)(O)c1ccc(Br)s1. The number of hydrogen-bond donors (Lipinski definition) is 2. The van der Waals surface area contributed by atoms with Crippen LogP contribution in [0.1, 0.15) is 0 Å². The van der Waals surface area contributed by atoms with E-state index in [0.717, 1.165) is 28.3 Å². The molecule has 0 aliphatic heterocycles. The van der Waals surface area contributed by atoms with Crippen molar-refractivity contribution in [3.8, 4) is 17.0 Å². The van der Waals surface area contributed by atoms with Crippen molar-refractivity contribution in [2.45, 2.75) is 4.21 Å². The monoisotopic (exact) mass is 448 g/mol. The number of rotatable bonds is 3. The maximum Gasteiger partial charge on any atom is 0.304 e. The van der Waals surface area contributed by atoms with Crippen molar-refractivity contribution in [2.24, 2.45) is 0 Å².